The molecule has 1 aromatic heterocycles. The predicted octanol–water partition coefficient (Wildman–Crippen LogP) is 2.16. The molecule has 1 atom stereocenters. The summed E-state index contributed by atoms with van der Waals surface area (Å²) < 4.78 is 0. The van der Waals surface area contributed by atoms with Crippen LogP contribution >= 0.6 is 11.3 Å². The molecular weight excluding hydrogens is 346 g/mol. The van der Waals surface area contributed by atoms with Crippen molar-refractivity contribution in [1.82, 2.24) is 20.5 Å². The average Bonchev–Trinajstić information content (AvgIpc) is 3.19. The third-order valence-electron chi connectivity index (χ3n) is 5.31. The minimum atomic E-state index is 0.0872. The van der Waals surface area contributed by atoms with E-state index in [0.29, 0.717) is 6.42 Å². The van der Waals surface area contributed by atoms with Crippen molar-refractivity contribution in [3.8, 4) is 0 Å². The lowest BCUT2D eigenvalue weighted by Crippen LogP contribution is -2.51. The molecule has 1 amide bonds. The predicted molar refractivity (Wildman–Crippen MR) is 107 cm³/mol. The highest BCUT2D eigenvalue weighted by molar-refractivity contribution is 7.09. The van der Waals surface area contributed by atoms with Crippen LogP contribution in [0.2, 0.25) is 0 Å². The van der Waals surface area contributed by atoms with Gasteiger partial charge in [0.25, 0.3) is 0 Å². The van der Waals surface area contributed by atoms with E-state index in [1.807, 2.05) is 7.05 Å². The number of nitrogens with zero attached hydrogens (tertiary/aromatic N) is 3. The van der Waals surface area contributed by atoms with E-state index in [9.17, 15) is 4.79 Å². The Morgan fingerprint density at radius 1 is 1.50 bits per heavy atom. The fourth-order valence-electron chi connectivity index (χ4n) is 3.81. The summed E-state index contributed by atoms with van der Waals surface area (Å²) in [6.45, 7) is 10.1. The van der Waals surface area contributed by atoms with E-state index in [4.69, 9.17) is 4.98 Å². The number of hydrogen-bond donors (Lipinski definition) is 2. The van der Waals surface area contributed by atoms with Gasteiger partial charge >= 0.3 is 0 Å². The van der Waals surface area contributed by atoms with E-state index < -0.39 is 0 Å². The van der Waals surface area contributed by atoms with Crippen LogP contribution in [0.5, 0.6) is 0 Å². The SMILES string of the molecule is CN=C(NCCc1nc(C(C)(C)C)cs1)N1CCCC2(CNC(=O)C2)C1. The normalized spacial score (nSPS) is 24.2. The minimum absolute atomic E-state index is 0.0872. The molecule has 2 saturated heterocycles. The van der Waals surface area contributed by atoms with E-state index in [1.54, 1.807) is 11.3 Å². The number of rotatable bonds is 3. The molecule has 6 nitrogen and oxygen atoms in total. The first-order chi connectivity index (χ1) is 12.3. The molecule has 7 heteroatoms. The van der Waals surface area contributed by atoms with Crippen LogP contribution in [0.4, 0.5) is 0 Å². The number of hydrogen-bond acceptors (Lipinski definition) is 4. The number of guanidine groups is 1. The highest BCUT2D eigenvalue weighted by atomic mass is 32.1. The smallest absolute Gasteiger partial charge is 0.220 e. The van der Waals surface area contributed by atoms with Gasteiger partial charge < -0.3 is 15.5 Å². The summed E-state index contributed by atoms with van der Waals surface area (Å²) >= 11 is 1.74. The molecule has 2 aliphatic rings. The summed E-state index contributed by atoms with van der Waals surface area (Å²) in [6, 6.07) is 0. The zero-order valence-electron chi connectivity index (χ0n) is 16.4. The van der Waals surface area contributed by atoms with Crippen LogP contribution in [0, 0.1) is 5.41 Å². The van der Waals surface area contributed by atoms with Gasteiger partial charge in [-0.1, -0.05) is 20.8 Å². The maximum atomic E-state index is 11.7. The van der Waals surface area contributed by atoms with Crippen LogP contribution in [-0.2, 0) is 16.6 Å². The number of amides is 1. The molecule has 0 aromatic carbocycles. The van der Waals surface area contributed by atoms with Crippen molar-refractivity contribution in [2.75, 3.05) is 33.2 Å². The Morgan fingerprint density at radius 3 is 2.92 bits per heavy atom. The highest BCUT2D eigenvalue weighted by Crippen LogP contribution is 2.36. The van der Waals surface area contributed by atoms with Crippen molar-refractivity contribution >= 4 is 23.2 Å². The second kappa shape index (κ2) is 7.55. The maximum Gasteiger partial charge on any atom is 0.220 e. The fraction of sp³-hybridized carbons (Fsp3) is 0.737. The lowest BCUT2D eigenvalue weighted by Gasteiger charge is -2.40. The molecular formula is C19H31N5OS. The van der Waals surface area contributed by atoms with Gasteiger partial charge in [-0.05, 0) is 12.8 Å². The van der Waals surface area contributed by atoms with Crippen LogP contribution in [0.1, 0.15) is 50.7 Å². The quantitative estimate of drug-likeness (QED) is 0.626. The Morgan fingerprint density at radius 2 is 2.31 bits per heavy atom. The number of aromatic nitrogens is 1. The van der Waals surface area contributed by atoms with E-state index in [2.05, 4.69) is 46.7 Å². The molecule has 2 aliphatic heterocycles. The Hall–Kier alpha value is -1.63. The van der Waals surface area contributed by atoms with E-state index in [1.165, 1.54) is 10.7 Å². The monoisotopic (exact) mass is 377 g/mol. The first-order valence-electron chi connectivity index (χ1n) is 9.49. The molecule has 0 bridgehead atoms. The number of thiazole rings is 1. The second-order valence-corrected chi connectivity index (χ2v) is 9.52. The van der Waals surface area contributed by atoms with Gasteiger partial charge in [0.05, 0.1) is 10.7 Å². The van der Waals surface area contributed by atoms with Crippen molar-refractivity contribution in [3.05, 3.63) is 16.1 Å². The number of nitrogens with one attached hydrogen (secondary N) is 2. The summed E-state index contributed by atoms with van der Waals surface area (Å²) in [5.74, 6) is 1.13. The van der Waals surface area contributed by atoms with E-state index in [-0.39, 0.29) is 16.7 Å². The van der Waals surface area contributed by atoms with Gasteiger partial charge in [0.1, 0.15) is 0 Å². The maximum absolute atomic E-state index is 11.7. The van der Waals surface area contributed by atoms with Gasteiger partial charge in [-0.15, -0.1) is 11.3 Å². The number of piperidine rings is 1. The molecule has 1 unspecified atom stereocenters. The van der Waals surface area contributed by atoms with E-state index in [0.717, 1.165) is 51.4 Å². The van der Waals surface area contributed by atoms with Crippen molar-refractivity contribution in [2.45, 2.75) is 51.9 Å². The Kier molecular flexibility index (Phi) is 5.55. The lowest BCUT2D eigenvalue weighted by atomic mass is 9.79. The molecule has 0 radical (unpaired) electrons. The molecule has 144 valence electrons. The van der Waals surface area contributed by atoms with Crippen molar-refractivity contribution in [1.29, 1.82) is 0 Å². The van der Waals surface area contributed by atoms with Gasteiger partial charge in [0, 0.05) is 62.3 Å². The third-order valence-corrected chi connectivity index (χ3v) is 6.22. The van der Waals surface area contributed by atoms with Crippen LogP contribution in [0.25, 0.3) is 0 Å². The summed E-state index contributed by atoms with van der Waals surface area (Å²) in [5.41, 5.74) is 1.36. The largest absolute Gasteiger partial charge is 0.356 e. The van der Waals surface area contributed by atoms with Crippen LogP contribution in [0.3, 0.4) is 0 Å². The molecule has 3 heterocycles. The van der Waals surface area contributed by atoms with Crippen LogP contribution in [-0.4, -0.2) is 55.0 Å². The lowest BCUT2D eigenvalue weighted by molar-refractivity contribution is -0.119. The van der Waals surface area contributed by atoms with E-state index >= 15 is 0 Å². The topological polar surface area (TPSA) is 69.6 Å². The van der Waals surface area contributed by atoms with Gasteiger partial charge in [-0.2, -0.15) is 0 Å². The zero-order valence-corrected chi connectivity index (χ0v) is 17.2. The average molecular weight is 378 g/mol. The second-order valence-electron chi connectivity index (χ2n) is 8.58. The Bertz CT molecular complexity index is 678. The van der Waals surface area contributed by atoms with Gasteiger partial charge in [-0.3, -0.25) is 9.79 Å². The molecule has 1 spiro atoms. The zero-order chi connectivity index (χ0) is 18.8. The molecule has 2 fully saturated rings. The summed E-state index contributed by atoms with van der Waals surface area (Å²) in [7, 11) is 1.84. The summed E-state index contributed by atoms with van der Waals surface area (Å²) in [6.07, 6.45) is 3.78. The third kappa shape index (κ3) is 4.37. The van der Waals surface area contributed by atoms with Crippen molar-refractivity contribution in [2.24, 2.45) is 10.4 Å². The Labute approximate surface area is 160 Å². The molecule has 0 saturated carbocycles. The molecule has 3 rings (SSSR count). The molecule has 1 aromatic rings. The minimum Gasteiger partial charge on any atom is -0.356 e. The Balaban J connectivity index is 1.53. The highest BCUT2D eigenvalue weighted by Gasteiger charge is 2.42. The van der Waals surface area contributed by atoms with Gasteiger partial charge in [-0.25, -0.2) is 4.98 Å². The summed E-state index contributed by atoms with van der Waals surface area (Å²) in [5, 5.41) is 9.83. The number of carbonyl (C=O) groups is 1. The standard InChI is InChI=1S/C19H31N5OS/c1-18(2,3)14-11-26-16(23-14)6-8-21-17(20-4)24-9-5-7-19(13-24)10-15(25)22-12-19/h11H,5-10,12-13H2,1-4H3,(H,20,21)(H,22,25). The van der Waals surface area contributed by atoms with Crippen molar-refractivity contribution < 1.29 is 4.79 Å². The van der Waals surface area contributed by atoms with Crippen LogP contribution < -0.4 is 10.6 Å². The van der Waals surface area contributed by atoms with Crippen LogP contribution in [0.15, 0.2) is 10.4 Å². The number of carbonyl (C=O) groups excluding carboxylic acids is 1. The molecule has 0 aliphatic carbocycles. The molecule has 2 N–H and O–H groups in total. The number of aliphatic imine (C=N–C) groups is 1. The summed E-state index contributed by atoms with van der Waals surface area (Å²) in [4.78, 5) is 23.2. The fourth-order valence-corrected chi connectivity index (χ4v) is 4.84. The number of likely N-dealkylation sites (tertiary alicyclic amines) is 1. The first-order valence-corrected chi connectivity index (χ1v) is 10.4. The first kappa shape index (κ1) is 19.1. The molecule has 26 heavy (non-hydrogen) atoms. The van der Waals surface area contributed by atoms with Crippen molar-refractivity contribution in [3.63, 3.8) is 0 Å². The van der Waals surface area contributed by atoms with Gasteiger partial charge in [0.15, 0.2) is 5.96 Å². The van der Waals surface area contributed by atoms with Gasteiger partial charge in [0.2, 0.25) is 5.91 Å².